The largest absolute Gasteiger partial charge is 0.378 e. The first-order valence-electron chi connectivity index (χ1n) is 7.28. The second kappa shape index (κ2) is 5.25. The quantitative estimate of drug-likeness (QED) is 0.762. The number of rotatable bonds is 4. The van der Waals surface area contributed by atoms with Crippen LogP contribution in [0.2, 0.25) is 0 Å². The second-order valence-electron chi connectivity index (χ2n) is 6.30. The Hall–Kier alpha value is -0.870. The molecule has 0 radical (unpaired) electrons. The predicted molar refractivity (Wildman–Crippen MR) is 75.7 cm³/mol. The first-order chi connectivity index (χ1) is 8.91. The van der Waals surface area contributed by atoms with E-state index in [1.54, 1.807) is 0 Å². The van der Waals surface area contributed by atoms with Crippen molar-refractivity contribution in [2.75, 3.05) is 6.61 Å². The molecule has 4 heteroatoms. The Bertz CT molecular complexity index is 378. The Morgan fingerprint density at radius 1 is 1.47 bits per heavy atom. The standard InChI is InChI=1S/C15H26N2O2/c1-4-19-12-10-15(16,14(12,2)3)13(18)17-11-8-6-5-7-9-11/h5-6,11-12H,4,7-10,16H2,1-3H3,(H,17,18). The van der Waals surface area contributed by atoms with E-state index in [2.05, 4.69) is 17.5 Å². The average molecular weight is 266 g/mol. The number of carbonyl (C=O) groups is 1. The molecule has 1 amide bonds. The lowest BCUT2D eigenvalue weighted by molar-refractivity contribution is -0.171. The van der Waals surface area contributed by atoms with Gasteiger partial charge in [0.25, 0.3) is 0 Å². The molecule has 0 aromatic carbocycles. The summed E-state index contributed by atoms with van der Waals surface area (Å²) in [5.41, 5.74) is 5.25. The van der Waals surface area contributed by atoms with Crippen LogP contribution in [0.4, 0.5) is 0 Å². The van der Waals surface area contributed by atoms with E-state index >= 15 is 0 Å². The summed E-state index contributed by atoms with van der Waals surface area (Å²) in [6.45, 7) is 6.69. The van der Waals surface area contributed by atoms with Gasteiger partial charge in [-0.15, -0.1) is 0 Å². The number of amides is 1. The van der Waals surface area contributed by atoms with Crippen LogP contribution in [0.25, 0.3) is 0 Å². The van der Waals surface area contributed by atoms with Gasteiger partial charge >= 0.3 is 0 Å². The lowest BCUT2D eigenvalue weighted by Crippen LogP contribution is -2.76. The molecule has 4 nitrogen and oxygen atoms in total. The van der Waals surface area contributed by atoms with Crippen LogP contribution < -0.4 is 11.1 Å². The van der Waals surface area contributed by atoms with E-state index in [9.17, 15) is 4.79 Å². The van der Waals surface area contributed by atoms with Crippen molar-refractivity contribution in [3.63, 3.8) is 0 Å². The van der Waals surface area contributed by atoms with E-state index in [0.29, 0.717) is 13.0 Å². The van der Waals surface area contributed by atoms with Gasteiger partial charge in [-0.05, 0) is 26.2 Å². The zero-order chi connectivity index (χ0) is 14.1. The van der Waals surface area contributed by atoms with Crippen LogP contribution in [0, 0.1) is 5.41 Å². The van der Waals surface area contributed by atoms with Crippen molar-refractivity contribution >= 4 is 5.91 Å². The van der Waals surface area contributed by atoms with E-state index in [4.69, 9.17) is 10.5 Å². The number of allylic oxidation sites excluding steroid dienone is 1. The molecule has 0 heterocycles. The summed E-state index contributed by atoms with van der Waals surface area (Å²) in [7, 11) is 0. The molecule has 0 aromatic heterocycles. The molecule has 2 aliphatic carbocycles. The monoisotopic (exact) mass is 266 g/mol. The van der Waals surface area contributed by atoms with Crippen molar-refractivity contribution in [1.29, 1.82) is 0 Å². The van der Waals surface area contributed by atoms with Gasteiger partial charge in [0, 0.05) is 24.5 Å². The number of carbonyl (C=O) groups excluding carboxylic acids is 1. The minimum Gasteiger partial charge on any atom is -0.378 e. The predicted octanol–water partition coefficient (Wildman–Crippen LogP) is 1.74. The van der Waals surface area contributed by atoms with Crippen molar-refractivity contribution < 1.29 is 9.53 Å². The summed E-state index contributed by atoms with van der Waals surface area (Å²) in [5, 5.41) is 3.11. The highest BCUT2D eigenvalue weighted by Gasteiger charge is 2.62. The highest BCUT2D eigenvalue weighted by atomic mass is 16.5. The number of hydrogen-bond acceptors (Lipinski definition) is 3. The Morgan fingerprint density at radius 3 is 2.74 bits per heavy atom. The third kappa shape index (κ3) is 2.43. The van der Waals surface area contributed by atoms with E-state index < -0.39 is 5.54 Å². The van der Waals surface area contributed by atoms with Crippen LogP contribution >= 0.6 is 0 Å². The maximum atomic E-state index is 12.5. The summed E-state index contributed by atoms with van der Waals surface area (Å²) in [6.07, 6.45) is 7.95. The molecular formula is C15H26N2O2. The van der Waals surface area contributed by atoms with Crippen molar-refractivity contribution in [3.8, 4) is 0 Å². The highest BCUT2D eigenvalue weighted by Crippen LogP contribution is 2.49. The first kappa shape index (κ1) is 14.5. The second-order valence-corrected chi connectivity index (χ2v) is 6.30. The highest BCUT2D eigenvalue weighted by molar-refractivity contribution is 5.89. The summed E-state index contributed by atoms with van der Waals surface area (Å²) in [6, 6.07) is 0.236. The van der Waals surface area contributed by atoms with Gasteiger partial charge in [0.05, 0.1) is 6.10 Å². The van der Waals surface area contributed by atoms with Crippen LogP contribution in [0.5, 0.6) is 0 Å². The van der Waals surface area contributed by atoms with Crippen molar-refractivity contribution in [3.05, 3.63) is 12.2 Å². The van der Waals surface area contributed by atoms with Gasteiger partial charge in [-0.3, -0.25) is 4.79 Å². The maximum Gasteiger partial charge on any atom is 0.241 e. The van der Waals surface area contributed by atoms with Gasteiger partial charge in [-0.25, -0.2) is 0 Å². The van der Waals surface area contributed by atoms with E-state index in [-0.39, 0.29) is 23.5 Å². The molecule has 0 aromatic rings. The molecule has 2 aliphatic rings. The molecule has 3 unspecified atom stereocenters. The SMILES string of the molecule is CCOC1CC(N)(C(=O)NC2CC=CCC2)C1(C)C. The molecule has 19 heavy (non-hydrogen) atoms. The molecule has 0 aliphatic heterocycles. The molecule has 0 spiro atoms. The number of ether oxygens (including phenoxy) is 1. The fraction of sp³-hybridized carbons (Fsp3) is 0.800. The number of hydrogen-bond donors (Lipinski definition) is 2. The Morgan fingerprint density at radius 2 is 2.21 bits per heavy atom. The fourth-order valence-corrected chi connectivity index (χ4v) is 3.06. The van der Waals surface area contributed by atoms with E-state index in [1.807, 2.05) is 20.8 Å². The lowest BCUT2D eigenvalue weighted by atomic mass is 9.54. The summed E-state index contributed by atoms with van der Waals surface area (Å²) >= 11 is 0. The normalized spacial score (nSPS) is 36.6. The summed E-state index contributed by atoms with van der Waals surface area (Å²) in [5.74, 6) is -0.0197. The van der Waals surface area contributed by atoms with Crippen LogP contribution in [-0.4, -0.2) is 30.2 Å². The van der Waals surface area contributed by atoms with Crippen LogP contribution in [0.15, 0.2) is 12.2 Å². The summed E-state index contributed by atoms with van der Waals surface area (Å²) in [4.78, 5) is 12.5. The molecular weight excluding hydrogens is 240 g/mol. The first-order valence-corrected chi connectivity index (χ1v) is 7.28. The Balaban J connectivity index is 1.97. The molecule has 1 saturated carbocycles. The third-order valence-corrected chi connectivity index (χ3v) is 4.84. The lowest BCUT2D eigenvalue weighted by Gasteiger charge is -2.57. The maximum absolute atomic E-state index is 12.5. The Kier molecular flexibility index (Phi) is 4.02. The van der Waals surface area contributed by atoms with Crippen LogP contribution in [0.3, 0.4) is 0 Å². The minimum atomic E-state index is -0.798. The van der Waals surface area contributed by atoms with Gasteiger partial charge in [0.1, 0.15) is 5.54 Å². The number of nitrogens with two attached hydrogens (primary N) is 1. The molecule has 2 rings (SSSR count). The van der Waals surface area contributed by atoms with Crippen LogP contribution in [0.1, 0.15) is 46.5 Å². The van der Waals surface area contributed by atoms with Gasteiger partial charge < -0.3 is 15.8 Å². The fourth-order valence-electron chi connectivity index (χ4n) is 3.06. The zero-order valence-corrected chi connectivity index (χ0v) is 12.2. The molecule has 3 atom stereocenters. The third-order valence-electron chi connectivity index (χ3n) is 4.84. The summed E-state index contributed by atoms with van der Waals surface area (Å²) < 4.78 is 5.66. The van der Waals surface area contributed by atoms with Gasteiger partial charge in [0.15, 0.2) is 0 Å². The molecule has 1 fully saturated rings. The van der Waals surface area contributed by atoms with Crippen molar-refractivity contribution in [1.82, 2.24) is 5.32 Å². The van der Waals surface area contributed by atoms with Crippen molar-refractivity contribution in [2.24, 2.45) is 11.1 Å². The van der Waals surface area contributed by atoms with Gasteiger partial charge in [-0.1, -0.05) is 26.0 Å². The smallest absolute Gasteiger partial charge is 0.241 e. The van der Waals surface area contributed by atoms with Gasteiger partial charge in [0.2, 0.25) is 5.91 Å². The molecule has 3 N–H and O–H groups in total. The minimum absolute atomic E-state index is 0.0197. The Labute approximate surface area is 115 Å². The van der Waals surface area contributed by atoms with Gasteiger partial charge in [-0.2, -0.15) is 0 Å². The topological polar surface area (TPSA) is 64.3 Å². The van der Waals surface area contributed by atoms with E-state index in [1.165, 1.54) is 0 Å². The number of nitrogens with one attached hydrogen (secondary N) is 1. The van der Waals surface area contributed by atoms with Crippen LogP contribution in [-0.2, 0) is 9.53 Å². The molecule has 0 saturated heterocycles. The average Bonchev–Trinajstić information content (AvgIpc) is 2.39. The van der Waals surface area contributed by atoms with Crippen molar-refractivity contribution in [2.45, 2.75) is 64.1 Å². The zero-order valence-electron chi connectivity index (χ0n) is 12.2. The van der Waals surface area contributed by atoms with E-state index in [0.717, 1.165) is 19.3 Å². The molecule has 108 valence electrons. The molecule has 0 bridgehead atoms.